The van der Waals surface area contributed by atoms with Gasteiger partial charge in [-0.2, -0.15) is 5.10 Å². The summed E-state index contributed by atoms with van der Waals surface area (Å²) >= 11 is 0. The van der Waals surface area contributed by atoms with Gasteiger partial charge >= 0.3 is 0 Å². The molecule has 3 rings (SSSR count). The minimum Gasteiger partial charge on any atom is -0.376 e. The zero-order valence-corrected chi connectivity index (χ0v) is 16.2. The number of anilines is 4. The summed E-state index contributed by atoms with van der Waals surface area (Å²) < 4.78 is 40.7. The number of rotatable bonds is 7. The van der Waals surface area contributed by atoms with Gasteiger partial charge in [-0.25, -0.2) is 12.8 Å². The number of nitrogens with zero attached hydrogens (tertiary/aromatic N) is 3. The van der Waals surface area contributed by atoms with E-state index >= 15 is 0 Å². The molecular formula is C19H20FN5O2S. The van der Waals surface area contributed by atoms with Crippen LogP contribution < -0.4 is 14.9 Å². The normalized spacial score (nSPS) is 11.1. The third-order valence-corrected chi connectivity index (χ3v) is 5.13. The van der Waals surface area contributed by atoms with Crippen LogP contribution in [-0.2, 0) is 15.8 Å². The molecule has 9 heteroatoms. The molecule has 146 valence electrons. The Labute approximate surface area is 163 Å². The number of halogens is 1. The Balaban J connectivity index is 1.67. The first-order valence-corrected chi connectivity index (χ1v) is 10.1. The number of aromatic nitrogens is 2. The number of hydrogen-bond acceptors (Lipinski definition) is 6. The summed E-state index contributed by atoms with van der Waals surface area (Å²) in [6, 6.07) is 14.3. The van der Waals surface area contributed by atoms with Crippen molar-refractivity contribution in [3.63, 3.8) is 0 Å². The largest absolute Gasteiger partial charge is 0.376 e. The van der Waals surface area contributed by atoms with E-state index < -0.39 is 21.6 Å². The van der Waals surface area contributed by atoms with E-state index in [1.54, 1.807) is 36.5 Å². The first-order valence-electron chi connectivity index (χ1n) is 8.43. The van der Waals surface area contributed by atoms with Gasteiger partial charge in [0.1, 0.15) is 5.82 Å². The highest BCUT2D eigenvalue weighted by molar-refractivity contribution is 7.91. The van der Waals surface area contributed by atoms with Crippen molar-refractivity contribution >= 4 is 32.9 Å². The van der Waals surface area contributed by atoms with Crippen molar-refractivity contribution in [2.24, 2.45) is 0 Å². The highest BCUT2D eigenvalue weighted by Crippen LogP contribution is 2.21. The van der Waals surface area contributed by atoms with Crippen molar-refractivity contribution in [1.29, 1.82) is 0 Å². The summed E-state index contributed by atoms with van der Waals surface area (Å²) in [5.41, 5.74) is 2.12. The predicted molar refractivity (Wildman–Crippen MR) is 109 cm³/mol. The fraction of sp³-hybridized carbons (Fsp3) is 0.158. The third-order valence-electron chi connectivity index (χ3n) is 3.89. The molecule has 2 N–H and O–H groups in total. The molecule has 1 heterocycles. The van der Waals surface area contributed by atoms with Gasteiger partial charge in [0, 0.05) is 37.1 Å². The Kier molecular flexibility index (Phi) is 5.74. The molecule has 3 aromatic rings. The van der Waals surface area contributed by atoms with Crippen LogP contribution in [0.2, 0.25) is 0 Å². The summed E-state index contributed by atoms with van der Waals surface area (Å²) in [7, 11) is 0.0762. The summed E-state index contributed by atoms with van der Waals surface area (Å²) in [5.74, 6) is -0.417. The molecule has 0 spiro atoms. The SMILES string of the molecule is CN(C)c1cnnc(Nc2ccc(NS(=O)(=O)Cc3ccccc3F)cc2)c1. The maximum absolute atomic E-state index is 13.7. The highest BCUT2D eigenvalue weighted by Gasteiger charge is 2.14. The molecule has 0 unspecified atom stereocenters. The number of hydrogen-bond donors (Lipinski definition) is 2. The number of benzene rings is 2. The second-order valence-electron chi connectivity index (χ2n) is 6.35. The zero-order valence-electron chi connectivity index (χ0n) is 15.4. The van der Waals surface area contributed by atoms with E-state index in [2.05, 4.69) is 20.2 Å². The lowest BCUT2D eigenvalue weighted by atomic mass is 10.2. The maximum Gasteiger partial charge on any atom is 0.237 e. The summed E-state index contributed by atoms with van der Waals surface area (Å²) in [5, 5.41) is 11.1. The minimum atomic E-state index is -3.74. The van der Waals surface area contributed by atoms with Gasteiger partial charge in [0.2, 0.25) is 10.0 Å². The molecule has 28 heavy (non-hydrogen) atoms. The van der Waals surface area contributed by atoms with Gasteiger partial charge in [-0.15, -0.1) is 5.10 Å². The average Bonchev–Trinajstić information content (AvgIpc) is 2.65. The van der Waals surface area contributed by atoms with Crippen molar-refractivity contribution < 1.29 is 12.8 Å². The minimum absolute atomic E-state index is 0.118. The van der Waals surface area contributed by atoms with Gasteiger partial charge in [0.25, 0.3) is 0 Å². The molecule has 0 radical (unpaired) electrons. The molecule has 0 aliphatic carbocycles. The Bertz CT molecular complexity index is 1060. The summed E-state index contributed by atoms with van der Waals surface area (Å²) in [4.78, 5) is 1.91. The molecule has 7 nitrogen and oxygen atoms in total. The van der Waals surface area contributed by atoms with E-state index in [0.717, 1.165) is 11.4 Å². The summed E-state index contributed by atoms with van der Waals surface area (Å²) in [6.45, 7) is 0. The number of sulfonamides is 1. The molecule has 0 amide bonds. The quantitative estimate of drug-likeness (QED) is 0.631. The van der Waals surface area contributed by atoms with Crippen LogP contribution in [0.5, 0.6) is 0 Å². The molecule has 0 aliphatic heterocycles. The van der Waals surface area contributed by atoms with Crippen molar-refractivity contribution in [3.05, 3.63) is 72.2 Å². The van der Waals surface area contributed by atoms with Crippen LogP contribution in [0.4, 0.5) is 27.3 Å². The zero-order chi connectivity index (χ0) is 20.1. The van der Waals surface area contributed by atoms with E-state index in [9.17, 15) is 12.8 Å². The van der Waals surface area contributed by atoms with E-state index in [-0.39, 0.29) is 5.56 Å². The van der Waals surface area contributed by atoms with Crippen LogP contribution in [0, 0.1) is 5.82 Å². The van der Waals surface area contributed by atoms with E-state index in [4.69, 9.17) is 0 Å². The Morgan fingerprint density at radius 3 is 2.39 bits per heavy atom. The van der Waals surface area contributed by atoms with Crippen molar-refractivity contribution in [2.45, 2.75) is 5.75 Å². The van der Waals surface area contributed by atoms with Crippen LogP contribution in [0.1, 0.15) is 5.56 Å². The van der Waals surface area contributed by atoms with E-state index in [1.807, 2.05) is 25.1 Å². The lowest BCUT2D eigenvalue weighted by Gasteiger charge is -2.13. The lowest BCUT2D eigenvalue weighted by molar-refractivity contribution is 0.591. The number of nitrogens with one attached hydrogen (secondary N) is 2. The van der Waals surface area contributed by atoms with Gasteiger partial charge in [-0.3, -0.25) is 4.72 Å². The fourth-order valence-electron chi connectivity index (χ4n) is 2.47. The molecule has 0 atom stereocenters. The smallest absolute Gasteiger partial charge is 0.237 e. The Morgan fingerprint density at radius 1 is 1.04 bits per heavy atom. The summed E-state index contributed by atoms with van der Waals surface area (Å²) in [6.07, 6.45) is 1.65. The highest BCUT2D eigenvalue weighted by atomic mass is 32.2. The molecule has 1 aromatic heterocycles. The van der Waals surface area contributed by atoms with Crippen LogP contribution in [-0.4, -0.2) is 32.7 Å². The second kappa shape index (κ2) is 8.22. The first kappa shape index (κ1) is 19.6. The standard InChI is InChI=1S/C19H20FN5O2S/c1-25(2)17-11-19(23-21-12-17)22-15-7-9-16(10-8-15)24-28(26,27)13-14-5-3-4-6-18(14)20/h3-12,24H,13H2,1-2H3,(H,22,23). The fourth-order valence-corrected chi connectivity index (χ4v) is 3.68. The van der Waals surface area contributed by atoms with Gasteiger partial charge in [0.15, 0.2) is 5.82 Å². The Hall–Kier alpha value is -3.20. The monoisotopic (exact) mass is 401 g/mol. The van der Waals surface area contributed by atoms with Gasteiger partial charge in [0.05, 0.1) is 17.6 Å². The maximum atomic E-state index is 13.7. The lowest BCUT2D eigenvalue weighted by Crippen LogP contribution is -2.15. The van der Waals surface area contributed by atoms with Gasteiger partial charge in [-0.1, -0.05) is 18.2 Å². The van der Waals surface area contributed by atoms with Crippen molar-refractivity contribution in [3.8, 4) is 0 Å². The molecule has 0 fully saturated rings. The first-order chi connectivity index (χ1) is 13.3. The molecule has 0 aliphatic rings. The van der Waals surface area contributed by atoms with Crippen LogP contribution in [0.15, 0.2) is 60.8 Å². The predicted octanol–water partition coefficient (Wildman–Crippen LogP) is 3.37. The average molecular weight is 401 g/mol. The van der Waals surface area contributed by atoms with Crippen molar-refractivity contribution in [2.75, 3.05) is 29.0 Å². The molecule has 2 aromatic carbocycles. The van der Waals surface area contributed by atoms with Crippen LogP contribution >= 0.6 is 0 Å². The molecular weight excluding hydrogens is 381 g/mol. The Morgan fingerprint density at radius 2 is 1.71 bits per heavy atom. The molecule has 0 saturated heterocycles. The second-order valence-corrected chi connectivity index (χ2v) is 8.07. The van der Waals surface area contributed by atoms with Crippen molar-refractivity contribution in [1.82, 2.24) is 10.2 Å². The van der Waals surface area contributed by atoms with Crippen LogP contribution in [0.3, 0.4) is 0 Å². The van der Waals surface area contributed by atoms with E-state index in [1.165, 1.54) is 18.2 Å². The topological polar surface area (TPSA) is 87.2 Å². The van der Waals surface area contributed by atoms with E-state index in [0.29, 0.717) is 11.5 Å². The third kappa shape index (κ3) is 5.17. The van der Waals surface area contributed by atoms with Gasteiger partial charge in [-0.05, 0) is 30.3 Å². The van der Waals surface area contributed by atoms with Crippen LogP contribution in [0.25, 0.3) is 0 Å². The molecule has 0 saturated carbocycles. The van der Waals surface area contributed by atoms with Gasteiger partial charge < -0.3 is 10.2 Å². The molecule has 0 bridgehead atoms.